The van der Waals surface area contributed by atoms with Gasteiger partial charge in [-0.3, -0.25) is 4.79 Å². The van der Waals surface area contributed by atoms with Gasteiger partial charge in [0.25, 0.3) is 5.91 Å². The summed E-state index contributed by atoms with van der Waals surface area (Å²) < 4.78 is 1.81. The van der Waals surface area contributed by atoms with E-state index in [0.717, 1.165) is 28.2 Å². The zero-order chi connectivity index (χ0) is 19.3. The van der Waals surface area contributed by atoms with Gasteiger partial charge in [0.15, 0.2) is 0 Å². The number of rotatable bonds is 6. The molecular weight excluding hydrogens is 392 g/mol. The van der Waals surface area contributed by atoms with Gasteiger partial charge in [0, 0.05) is 24.5 Å². The molecule has 4 rings (SSSR count). The quantitative estimate of drug-likeness (QED) is 0.506. The third-order valence-corrected chi connectivity index (χ3v) is 5.60. The fraction of sp³-hybridized carbons (Fsp3) is 0.0952. The van der Waals surface area contributed by atoms with E-state index in [1.54, 1.807) is 12.4 Å². The lowest BCUT2D eigenvalue weighted by molar-refractivity contribution is 0.0958. The van der Waals surface area contributed by atoms with Gasteiger partial charge in [-0.15, -0.1) is 11.3 Å². The van der Waals surface area contributed by atoms with Gasteiger partial charge in [0.05, 0.1) is 16.9 Å². The molecular formula is C21H17ClN4OS. The predicted octanol–water partition coefficient (Wildman–Crippen LogP) is 4.62. The number of halogens is 1. The Morgan fingerprint density at radius 1 is 1.11 bits per heavy atom. The first kappa shape index (κ1) is 18.4. The molecule has 2 aromatic heterocycles. The van der Waals surface area contributed by atoms with Crippen LogP contribution < -0.4 is 5.32 Å². The molecule has 0 saturated heterocycles. The first-order chi connectivity index (χ1) is 13.7. The number of carbonyl (C=O) groups is 1. The fourth-order valence-corrected chi connectivity index (χ4v) is 3.94. The van der Waals surface area contributed by atoms with Crippen LogP contribution in [0.1, 0.15) is 15.2 Å². The second kappa shape index (κ2) is 8.37. The summed E-state index contributed by atoms with van der Waals surface area (Å²) in [6.45, 7) is 0.555. The Morgan fingerprint density at radius 2 is 1.93 bits per heavy atom. The van der Waals surface area contributed by atoms with E-state index in [0.29, 0.717) is 16.4 Å². The van der Waals surface area contributed by atoms with E-state index < -0.39 is 0 Å². The van der Waals surface area contributed by atoms with Crippen molar-refractivity contribution in [2.75, 3.05) is 6.54 Å². The van der Waals surface area contributed by atoms with Gasteiger partial charge < -0.3 is 5.32 Å². The summed E-state index contributed by atoms with van der Waals surface area (Å²) in [7, 11) is 0. The van der Waals surface area contributed by atoms with Gasteiger partial charge in [0.2, 0.25) is 0 Å². The standard InChI is InChI=1S/C21H17ClN4OS/c22-18-5-2-1-4-17(18)21-24-14-19(28-21)20(27)23-12-10-15-6-8-16(9-7-15)26-13-3-11-25-26/h1-9,11,13-14H,10,12H2,(H,23,27). The summed E-state index contributed by atoms with van der Waals surface area (Å²) in [4.78, 5) is 17.3. The van der Waals surface area contributed by atoms with Crippen LogP contribution in [0.25, 0.3) is 16.3 Å². The molecule has 140 valence electrons. The maximum absolute atomic E-state index is 12.4. The molecule has 0 unspecified atom stereocenters. The Balaban J connectivity index is 1.33. The van der Waals surface area contributed by atoms with Crippen molar-refractivity contribution in [2.45, 2.75) is 6.42 Å². The van der Waals surface area contributed by atoms with Gasteiger partial charge in [-0.2, -0.15) is 5.10 Å². The van der Waals surface area contributed by atoms with Crippen molar-refractivity contribution >= 4 is 28.8 Å². The molecule has 0 radical (unpaired) electrons. The second-order valence-corrected chi connectivity index (χ2v) is 7.57. The largest absolute Gasteiger partial charge is 0.351 e. The Kier molecular flexibility index (Phi) is 5.50. The highest BCUT2D eigenvalue weighted by molar-refractivity contribution is 7.17. The molecule has 0 atom stereocenters. The monoisotopic (exact) mass is 408 g/mol. The number of thiazole rings is 1. The molecule has 0 bridgehead atoms. The molecule has 0 aliphatic rings. The molecule has 7 heteroatoms. The lowest BCUT2D eigenvalue weighted by Crippen LogP contribution is -2.24. The molecule has 0 aliphatic heterocycles. The van der Waals surface area contributed by atoms with E-state index >= 15 is 0 Å². The summed E-state index contributed by atoms with van der Waals surface area (Å²) >= 11 is 7.54. The van der Waals surface area contributed by atoms with Crippen molar-refractivity contribution in [3.8, 4) is 16.3 Å². The van der Waals surface area contributed by atoms with Crippen LogP contribution >= 0.6 is 22.9 Å². The van der Waals surface area contributed by atoms with E-state index in [1.165, 1.54) is 11.3 Å². The van der Waals surface area contributed by atoms with Crippen molar-refractivity contribution in [1.82, 2.24) is 20.1 Å². The minimum absolute atomic E-state index is 0.121. The summed E-state index contributed by atoms with van der Waals surface area (Å²) in [6.07, 6.45) is 6.00. The molecule has 0 fully saturated rings. The van der Waals surface area contributed by atoms with Crippen molar-refractivity contribution in [1.29, 1.82) is 0 Å². The van der Waals surface area contributed by atoms with Crippen molar-refractivity contribution in [2.24, 2.45) is 0 Å². The molecule has 0 aliphatic carbocycles. The average molecular weight is 409 g/mol. The second-order valence-electron chi connectivity index (χ2n) is 6.13. The SMILES string of the molecule is O=C(NCCc1ccc(-n2cccn2)cc1)c1cnc(-c2ccccc2Cl)s1. The third-order valence-electron chi connectivity index (χ3n) is 4.24. The smallest absolute Gasteiger partial charge is 0.263 e. The Labute approximate surface area is 171 Å². The van der Waals surface area contributed by atoms with Crippen LogP contribution in [0.2, 0.25) is 5.02 Å². The number of hydrogen-bond donors (Lipinski definition) is 1. The van der Waals surface area contributed by atoms with Gasteiger partial charge in [0.1, 0.15) is 9.88 Å². The van der Waals surface area contributed by atoms with Crippen molar-refractivity contribution in [3.63, 3.8) is 0 Å². The summed E-state index contributed by atoms with van der Waals surface area (Å²) in [5.74, 6) is -0.121. The fourth-order valence-electron chi connectivity index (χ4n) is 2.78. The molecule has 0 spiro atoms. The van der Waals surface area contributed by atoms with Gasteiger partial charge in [-0.25, -0.2) is 9.67 Å². The number of nitrogens with one attached hydrogen (secondary N) is 1. The van der Waals surface area contributed by atoms with Crippen LogP contribution in [0.15, 0.2) is 73.2 Å². The summed E-state index contributed by atoms with van der Waals surface area (Å²) in [6, 6.07) is 17.5. The molecule has 28 heavy (non-hydrogen) atoms. The minimum atomic E-state index is -0.121. The molecule has 2 heterocycles. The summed E-state index contributed by atoms with van der Waals surface area (Å²) in [5, 5.41) is 8.53. The van der Waals surface area contributed by atoms with E-state index in [1.807, 2.05) is 65.5 Å². The van der Waals surface area contributed by atoms with Crippen LogP contribution in [0.3, 0.4) is 0 Å². The van der Waals surface area contributed by atoms with E-state index in [2.05, 4.69) is 15.4 Å². The molecule has 5 nitrogen and oxygen atoms in total. The normalized spacial score (nSPS) is 10.8. The number of nitrogens with zero attached hydrogens (tertiary/aromatic N) is 3. The molecule has 2 aromatic carbocycles. The van der Waals surface area contributed by atoms with Gasteiger partial charge in [-0.1, -0.05) is 41.9 Å². The number of amides is 1. The van der Waals surface area contributed by atoms with Crippen molar-refractivity contribution in [3.05, 3.63) is 88.7 Å². The lowest BCUT2D eigenvalue weighted by Gasteiger charge is -2.06. The van der Waals surface area contributed by atoms with Crippen molar-refractivity contribution < 1.29 is 4.79 Å². The van der Waals surface area contributed by atoms with Crippen LogP contribution in [0.5, 0.6) is 0 Å². The Morgan fingerprint density at radius 3 is 2.68 bits per heavy atom. The Bertz CT molecular complexity index is 1070. The topological polar surface area (TPSA) is 59.8 Å². The number of carbonyl (C=O) groups excluding carboxylic acids is 1. The predicted molar refractivity (Wildman–Crippen MR) is 112 cm³/mol. The van der Waals surface area contributed by atoms with Gasteiger partial charge >= 0.3 is 0 Å². The maximum Gasteiger partial charge on any atom is 0.263 e. The highest BCUT2D eigenvalue weighted by Gasteiger charge is 2.13. The summed E-state index contributed by atoms with van der Waals surface area (Å²) in [5.41, 5.74) is 3.00. The molecule has 4 aromatic rings. The van der Waals surface area contributed by atoms with E-state index in [9.17, 15) is 4.79 Å². The number of hydrogen-bond acceptors (Lipinski definition) is 4. The molecule has 1 N–H and O–H groups in total. The molecule has 0 saturated carbocycles. The van der Waals surface area contributed by atoms with Crippen LogP contribution in [0, 0.1) is 0 Å². The van der Waals surface area contributed by atoms with E-state index in [4.69, 9.17) is 11.6 Å². The number of aromatic nitrogens is 3. The maximum atomic E-state index is 12.4. The molecule has 1 amide bonds. The van der Waals surface area contributed by atoms with Crippen LogP contribution in [0.4, 0.5) is 0 Å². The zero-order valence-corrected chi connectivity index (χ0v) is 16.5. The van der Waals surface area contributed by atoms with E-state index in [-0.39, 0.29) is 5.91 Å². The Hall–Kier alpha value is -2.96. The number of benzene rings is 2. The third kappa shape index (κ3) is 4.13. The average Bonchev–Trinajstić information content (AvgIpc) is 3.41. The van der Waals surface area contributed by atoms with Crippen LogP contribution in [-0.4, -0.2) is 27.2 Å². The zero-order valence-electron chi connectivity index (χ0n) is 14.9. The highest BCUT2D eigenvalue weighted by Crippen LogP contribution is 2.30. The first-order valence-corrected chi connectivity index (χ1v) is 9.98. The first-order valence-electron chi connectivity index (χ1n) is 8.78. The minimum Gasteiger partial charge on any atom is -0.351 e. The highest BCUT2D eigenvalue weighted by atomic mass is 35.5. The van der Waals surface area contributed by atoms with Gasteiger partial charge in [-0.05, 0) is 36.2 Å². The lowest BCUT2D eigenvalue weighted by atomic mass is 10.1. The van der Waals surface area contributed by atoms with Crippen LogP contribution in [-0.2, 0) is 6.42 Å².